The molecule has 0 aromatic carbocycles. The van der Waals surface area contributed by atoms with Crippen molar-refractivity contribution in [3.05, 3.63) is 16.0 Å². The van der Waals surface area contributed by atoms with Gasteiger partial charge in [0, 0.05) is 6.61 Å². The van der Waals surface area contributed by atoms with Gasteiger partial charge >= 0.3 is 11.9 Å². The normalized spacial score (nSPS) is 16.7. The molecule has 0 radical (unpaired) electrons. The van der Waals surface area contributed by atoms with Crippen molar-refractivity contribution < 1.29 is 28.6 Å². The summed E-state index contributed by atoms with van der Waals surface area (Å²) in [5.41, 5.74) is 0.635. The number of anilines is 1. The van der Waals surface area contributed by atoms with Crippen molar-refractivity contribution in [1.82, 2.24) is 0 Å². The van der Waals surface area contributed by atoms with E-state index in [1.54, 1.807) is 6.92 Å². The van der Waals surface area contributed by atoms with Crippen molar-refractivity contribution in [3.63, 3.8) is 0 Å². The molecule has 1 fully saturated rings. The fourth-order valence-electron chi connectivity index (χ4n) is 2.38. The van der Waals surface area contributed by atoms with E-state index >= 15 is 0 Å². The van der Waals surface area contributed by atoms with Crippen LogP contribution in [0.25, 0.3) is 0 Å². The van der Waals surface area contributed by atoms with E-state index in [2.05, 4.69) is 5.32 Å². The molecule has 1 aliphatic heterocycles. The molecule has 1 amide bonds. The summed E-state index contributed by atoms with van der Waals surface area (Å²) in [5.74, 6) is -1.45. The van der Waals surface area contributed by atoms with Crippen LogP contribution in [0.5, 0.6) is 0 Å². The first-order valence-electron chi connectivity index (χ1n) is 7.80. The zero-order valence-corrected chi connectivity index (χ0v) is 14.8. The number of rotatable bonds is 6. The maximum atomic E-state index is 12.3. The molecule has 1 saturated heterocycles. The lowest BCUT2D eigenvalue weighted by atomic mass is 10.1. The van der Waals surface area contributed by atoms with Crippen LogP contribution in [0.4, 0.5) is 5.00 Å². The molecule has 0 unspecified atom stereocenters. The van der Waals surface area contributed by atoms with Crippen LogP contribution in [0.3, 0.4) is 0 Å². The number of thiophene rings is 1. The first-order valence-corrected chi connectivity index (χ1v) is 8.62. The molecule has 2 rings (SSSR count). The average molecular weight is 355 g/mol. The van der Waals surface area contributed by atoms with Crippen molar-refractivity contribution in [2.45, 2.75) is 39.2 Å². The standard InChI is InChI=1S/C16H21NO6S/c1-4-7-23-15(19)11-9(2)12(16(20)21-3)24-14(11)17-13(18)10-6-5-8-22-10/h10H,4-8H2,1-3H3,(H,17,18)/t10-/m0/s1. The minimum atomic E-state index is -0.566. The van der Waals surface area contributed by atoms with E-state index in [1.165, 1.54) is 7.11 Å². The van der Waals surface area contributed by atoms with Crippen LogP contribution in [0.15, 0.2) is 0 Å². The molecule has 1 aromatic rings. The van der Waals surface area contributed by atoms with E-state index in [0.29, 0.717) is 25.0 Å². The van der Waals surface area contributed by atoms with Gasteiger partial charge in [-0.3, -0.25) is 4.79 Å². The highest BCUT2D eigenvalue weighted by atomic mass is 32.1. The predicted octanol–water partition coefficient (Wildman–Crippen LogP) is 2.53. The monoisotopic (exact) mass is 355 g/mol. The number of esters is 2. The Bertz CT molecular complexity index is 633. The number of carbonyl (C=O) groups excluding carboxylic acids is 3. The largest absolute Gasteiger partial charge is 0.465 e. The molecule has 1 N–H and O–H groups in total. The summed E-state index contributed by atoms with van der Waals surface area (Å²) in [6, 6.07) is 0. The topological polar surface area (TPSA) is 90.9 Å². The molecule has 0 spiro atoms. The molecular formula is C16H21NO6S. The Labute approximate surface area is 144 Å². The molecule has 1 aliphatic rings. The van der Waals surface area contributed by atoms with Crippen LogP contribution in [0, 0.1) is 6.92 Å². The van der Waals surface area contributed by atoms with Crippen LogP contribution in [0.2, 0.25) is 0 Å². The molecule has 1 aromatic heterocycles. The van der Waals surface area contributed by atoms with Gasteiger partial charge in [0.1, 0.15) is 16.0 Å². The first-order chi connectivity index (χ1) is 11.5. The lowest BCUT2D eigenvalue weighted by Gasteiger charge is -2.11. The Morgan fingerprint density at radius 2 is 2.08 bits per heavy atom. The van der Waals surface area contributed by atoms with E-state index in [-0.39, 0.29) is 28.0 Å². The SMILES string of the molecule is CCCOC(=O)c1c(NC(=O)[C@@H]2CCCO2)sc(C(=O)OC)c1C. The molecule has 8 heteroatoms. The highest BCUT2D eigenvalue weighted by Gasteiger charge is 2.30. The third-order valence-electron chi connectivity index (χ3n) is 3.62. The molecule has 0 saturated carbocycles. The minimum absolute atomic E-state index is 0.195. The van der Waals surface area contributed by atoms with Gasteiger partial charge in [-0.1, -0.05) is 6.92 Å². The zero-order chi connectivity index (χ0) is 17.7. The van der Waals surface area contributed by atoms with Gasteiger partial charge in [0.25, 0.3) is 5.91 Å². The van der Waals surface area contributed by atoms with Crippen molar-refractivity contribution in [3.8, 4) is 0 Å². The fourth-order valence-corrected chi connectivity index (χ4v) is 3.49. The van der Waals surface area contributed by atoms with Gasteiger partial charge in [0.05, 0.1) is 19.3 Å². The second kappa shape index (κ2) is 8.25. The summed E-state index contributed by atoms with van der Waals surface area (Å²) in [5, 5.41) is 2.98. The average Bonchev–Trinajstić information content (AvgIpc) is 3.20. The number of hydrogen-bond acceptors (Lipinski definition) is 7. The number of nitrogens with one attached hydrogen (secondary N) is 1. The highest BCUT2D eigenvalue weighted by Crippen LogP contribution is 2.34. The molecule has 2 heterocycles. The molecule has 7 nitrogen and oxygen atoms in total. The smallest absolute Gasteiger partial charge is 0.348 e. The number of hydrogen-bond donors (Lipinski definition) is 1. The van der Waals surface area contributed by atoms with Gasteiger partial charge in [-0.25, -0.2) is 9.59 Å². The van der Waals surface area contributed by atoms with E-state index in [0.717, 1.165) is 17.8 Å². The highest BCUT2D eigenvalue weighted by molar-refractivity contribution is 7.18. The first kappa shape index (κ1) is 18.4. The Hall–Kier alpha value is -1.93. The summed E-state index contributed by atoms with van der Waals surface area (Å²) in [7, 11) is 1.27. The number of amides is 1. The van der Waals surface area contributed by atoms with Gasteiger partial charge in [-0.15, -0.1) is 11.3 Å². The zero-order valence-electron chi connectivity index (χ0n) is 14.0. The lowest BCUT2D eigenvalue weighted by Crippen LogP contribution is -2.27. The predicted molar refractivity (Wildman–Crippen MR) is 88.6 cm³/mol. The minimum Gasteiger partial charge on any atom is -0.465 e. The van der Waals surface area contributed by atoms with Gasteiger partial charge in [-0.05, 0) is 31.7 Å². The van der Waals surface area contributed by atoms with Gasteiger partial charge in [0.15, 0.2) is 0 Å². The summed E-state index contributed by atoms with van der Waals surface area (Å²) in [6.45, 7) is 4.32. The van der Waals surface area contributed by atoms with Crippen molar-refractivity contribution in [2.24, 2.45) is 0 Å². The molecule has 24 heavy (non-hydrogen) atoms. The van der Waals surface area contributed by atoms with Crippen molar-refractivity contribution in [2.75, 3.05) is 25.6 Å². The van der Waals surface area contributed by atoms with E-state index in [1.807, 2.05) is 6.92 Å². The van der Waals surface area contributed by atoms with Crippen LogP contribution in [0.1, 0.15) is 51.8 Å². The molecule has 1 atom stereocenters. The Morgan fingerprint density at radius 3 is 2.67 bits per heavy atom. The fraction of sp³-hybridized carbons (Fsp3) is 0.562. The summed E-state index contributed by atoms with van der Waals surface area (Å²) < 4.78 is 15.2. The number of methoxy groups -OCH3 is 1. The Morgan fingerprint density at radius 1 is 1.33 bits per heavy atom. The number of ether oxygens (including phenoxy) is 3. The quantitative estimate of drug-likeness (QED) is 0.789. The van der Waals surface area contributed by atoms with Crippen LogP contribution in [-0.2, 0) is 19.0 Å². The van der Waals surface area contributed by atoms with Gasteiger partial charge < -0.3 is 19.5 Å². The summed E-state index contributed by atoms with van der Waals surface area (Å²) >= 11 is 1.00. The van der Waals surface area contributed by atoms with Gasteiger partial charge in [0.2, 0.25) is 0 Å². The van der Waals surface area contributed by atoms with Crippen LogP contribution < -0.4 is 5.32 Å². The molecule has 0 aliphatic carbocycles. The molecule has 0 bridgehead atoms. The second-order valence-electron chi connectivity index (χ2n) is 5.38. The van der Waals surface area contributed by atoms with Crippen LogP contribution >= 0.6 is 11.3 Å². The molecular weight excluding hydrogens is 334 g/mol. The maximum Gasteiger partial charge on any atom is 0.348 e. The molecule has 132 valence electrons. The second-order valence-corrected chi connectivity index (χ2v) is 6.40. The summed E-state index contributed by atoms with van der Waals surface area (Å²) in [6.07, 6.45) is 1.60. The van der Waals surface area contributed by atoms with Gasteiger partial charge in [-0.2, -0.15) is 0 Å². The maximum absolute atomic E-state index is 12.3. The Kier molecular flexibility index (Phi) is 6.33. The lowest BCUT2D eigenvalue weighted by molar-refractivity contribution is -0.124. The van der Waals surface area contributed by atoms with E-state index < -0.39 is 18.0 Å². The van der Waals surface area contributed by atoms with Crippen LogP contribution in [-0.4, -0.2) is 44.3 Å². The number of carbonyl (C=O) groups is 3. The third kappa shape index (κ3) is 3.93. The van der Waals surface area contributed by atoms with Crippen molar-refractivity contribution >= 4 is 34.2 Å². The summed E-state index contributed by atoms with van der Waals surface area (Å²) in [4.78, 5) is 36.7. The Balaban J connectivity index is 2.31. The van der Waals surface area contributed by atoms with E-state index in [9.17, 15) is 14.4 Å². The van der Waals surface area contributed by atoms with Crippen molar-refractivity contribution in [1.29, 1.82) is 0 Å². The van der Waals surface area contributed by atoms with E-state index in [4.69, 9.17) is 14.2 Å². The third-order valence-corrected chi connectivity index (χ3v) is 4.81.